The molecule has 0 N–H and O–H groups in total. The van der Waals surface area contributed by atoms with Gasteiger partial charge in [0.2, 0.25) is 0 Å². The minimum absolute atomic E-state index is 0.612. The Morgan fingerprint density at radius 2 is 1.41 bits per heavy atom. The van der Waals surface area contributed by atoms with Gasteiger partial charge in [0.05, 0.1) is 6.61 Å². The number of hydrogen-bond acceptors (Lipinski definition) is 2. The first-order valence-electron chi connectivity index (χ1n) is 5.29. The zero-order valence-corrected chi connectivity index (χ0v) is 10.3. The van der Waals surface area contributed by atoms with Crippen LogP contribution >= 0.6 is 11.6 Å². The van der Waals surface area contributed by atoms with Crippen molar-refractivity contribution in [1.29, 1.82) is 0 Å². The van der Waals surface area contributed by atoms with Crippen LogP contribution in [0, 0.1) is 0 Å². The molecule has 17 heavy (non-hydrogen) atoms. The van der Waals surface area contributed by atoms with Crippen molar-refractivity contribution < 1.29 is 9.47 Å². The van der Waals surface area contributed by atoms with E-state index < -0.39 is 0 Å². The van der Waals surface area contributed by atoms with Crippen molar-refractivity contribution in [3.8, 4) is 11.5 Å². The standard InChI is InChI=1S/C14H13ClO2/c1-16-10-11-2-6-13(7-3-11)17-14-8-4-12(15)5-9-14/h2-9H,10H2,1H3. The molecular formula is C14H13ClO2. The second-order valence-corrected chi connectivity index (χ2v) is 4.07. The Morgan fingerprint density at radius 3 is 1.94 bits per heavy atom. The topological polar surface area (TPSA) is 18.5 Å². The fourth-order valence-corrected chi connectivity index (χ4v) is 1.59. The van der Waals surface area contributed by atoms with Gasteiger partial charge in [0.1, 0.15) is 11.5 Å². The summed E-state index contributed by atoms with van der Waals surface area (Å²) in [7, 11) is 1.68. The van der Waals surface area contributed by atoms with Crippen molar-refractivity contribution in [2.45, 2.75) is 6.61 Å². The lowest BCUT2D eigenvalue weighted by molar-refractivity contribution is 0.185. The molecule has 0 aliphatic rings. The van der Waals surface area contributed by atoms with Crippen LogP contribution in [-0.2, 0) is 11.3 Å². The van der Waals surface area contributed by atoms with E-state index in [0.29, 0.717) is 11.6 Å². The van der Waals surface area contributed by atoms with Crippen molar-refractivity contribution >= 4 is 11.6 Å². The number of rotatable bonds is 4. The van der Waals surface area contributed by atoms with Crippen LogP contribution in [0.1, 0.15) is 5.56 Å². The first kappa shape index (κ1) is 12.0. The molecule has 0 spiro atoms. The number of methoxy groups -OCH3 is 1. The Labute approximate surface area is 106 Å². The van der Waals surface area contributed by atoms with Gasteiger partial charge in [-0.15, -0.1) is 0 Å². The summed E-state index contributed by atoms with van der Waals surface area (Å²) in [5.74, 6) is 1.57. The molecule has 0 saturated carbocycles. The van der Waals surface area contributed by atoms with Crippen LogP contribution in [0.5, 0.6) is 11.5 Å². The van der Waals surface area contributed by atoms with Crippen LogP contribution in [0.3, 0.4) is 0 Å². The van der Waals surface area contributed by atoms with E-state index in [9.17, 15) is 0 Å². The van der Waals surface area contributed by atoms with E-state index >= 15 is 0 Å². The van der Waals surface area contributed by atoms with E-state index in [2.05, 4.69) is 0 Å². The highest BCUT2D eigenvalue weighted by Crippen LogP contribution is 2.23. The van der Waals surface area contributed by atoms with Gasteiger partial charge in [0.25, 0.3) is 0 Å². The summed E-state index contributed by atoms with van der Waals surface area (Å²) >= 11 is 5.80. The first-order chi connectivity index (χ1) is 8.28. The van der Waals surface area contributed by atoms with Crippen molar-refractivity contribution in [3.05, 3.63) is 59.1 Å². The predicted octanol–water partition coefficient (Wildman–Crippen LogP) is 4.28. The average molecular weight is 249 g/mol. The second-order valence-electron chi connectivity index (χ2n) is 3.63. The zero-order valence-electron chi connectivity index (χ0n) is 9.52. The molecule has 0 radical (unpaired) electrons. The van der Waals surface area contributed by atoms with Gasteiger partial charge in [0, 0.05) is 12.1 Å². The maximum atomic E-state index is 5.80. The highest BCUT2D eigenvalue weighted by atomic mass is 35.5. The van der Waals surface area contributed by atoms with Crippen molar-refractivity contribution in [3.63, 3.8) is 0 Å². The Hall–Kier alpha value is -1.51. The highest BCUT2D eigenvalue weighted by molar-refractivity contribution is 6.30. The number of benzene rings is 2. The molecule has 2 nitrogen and oxygen atoms in total. The van der Waals surface area contributed by atoms with Crippen molar-refractivity contribution in [2.24, 2.45) is 0 Å². The largest absolute Gasteiger partial charge is 0.457 e. The fourth-order valence-electron chi connectivity index (χ4n) is 1.46. The van der Waals surface area contributed by atoms with Crippen LogP contribution in [0.25, 0.3) is 0 Å². The summed E-state index contributed by atoms with van der Waals surface area (Å²) in [6, 6.07) is 15.1. The normalized spacial score (nSPS) is 10.2. The molecule has 0 amide bonds. The smallest absolute Gasteiger partial charge is 0.127 e. The summed E-state index contributed by atoms with van der Waals surface area (Å²) < 4.78 is 10.7. The molecule has 0 aromatic heterocycles. The molecule has 0 heterocycles. The summed E-state index contributed by atoms with van der Waals surface area (Å²) in [6.45, 7) is 0.612. The Kier molecular flexibility index (Phi) is 4.02. The lowest BCUT2D eigenvalue weighted by Gasteiger charge is -2.06. The predicted molar refractivity (Wildman–Crippen MR) is 68.7 cm³/mol. The molecule has 0 unspecified atom stereocenters. The lowest BCUT2D eigenvalue weighted by Crippen LogP contribution is -1.88. The molecule has 2 rings (SSSR count). The third-order valence-corrected chi connectivity index (χ3v) is 2.54. The van der Waals surface area contributed by atoms with Gasteiger partial charge < -0.3 is 9.47 Å². The third-order valence-electron chi connectivity index (χ3n) is 2.28. The zero-order chi connectivity index (χ0) is 12.1. The SMILES string of the molecule is COCc1ccc(Oc2ccc(Cl)cc2)cc1. The summed E-state index contributed by atoms with van der Waals surface area (Å²) in [6.07, 6.45) is 0. The Bertz CT molecular complexity index is 463. The molecule has 0 atom stereocenters. The van der Waals surface area contributed by atoms with Gasteiger partial charge in [0.15, 0.2) is 0 Å². The van der Waals surface area contributed by atoms with Gasteiger partial charge in [-0.05, 0) is 42.0 Å². The quantitative estimate of drug-likeness (QED) is 0.804. The molecule has 0 bridgehead atoms. The maximum Gasteiger partial charge on any atom is 0.127 e. The summed E-state index contributed by atoms with van der Waals surface area (Å²) in [4.78, 5) is 0. The molecule has 0 aliphatic carbocycles. The van der Waals surface area contributed by atoms with Gasteiger partial charge in [-0.1, -0.05) is 23.7 Å². The molecule has 2 aromatic carbocycles. The molecule has 2 aromatic rings. The van der Waals surface area contributed by atoms with Gasteiger partial charge in [-0.3, -0.25) is 0 Å². The van der Waals surface area contributed by atoms with Crippen LogP contribution in [0.2, 0.25) is 5.02 Å². The van der Waals surface area contributed by atoms with Crippen LogP contribution < -0.4 is 4.74 Å². The minimum atomic E-state index is 0.612. The van der Waals surface area contributed by atoms with E-state index in [1.54, 1.807) is 19.2 Å². The molecule has 0 aliphatic heterocycles. The maximum absolute atomic E-state index is 5.80. The van der Waals surface area contributed by atoms with Gasteiger partial charge in [-0.25, -0.2) is 0 Å². The van der Waals surface area contributed by atoms with Crippen LogP contribution in [0.15, 0.2) is 48.5 Å². The molecule has 0 fully saturated rings. The lowest BCUT2D eigenvalue weighted by atomic mass is 10.2. The molecular weight excluding hydrogens is 236 g/mol. The summed E-state index contributed by atoms with van der Waals surface area (Å²) in [5.41, 5.74) is 1.12. The van der Waals surface area contributed by atoms with E-state index in [-0.39, 0.29) is 0 Å². The molecule has 88 valence electrons. The number of halogens is 1. The van der Waals surface area contributed by atoms with Gasteiger partial charge in [-0.2, -0.15) is 0 Å². The van der Waals surface area contributed by atoms with Crippen molar-refractivity contribution in [1.82, 2.24) is 0 Å². The average Bonchev–Trinajstić information content (AvgIpc) is 2.35. The Morgan fingerprint density at radius 1 is 0.882 bits per heavy atom. The summed E-state index contributed by atoms with van der Waals surface area (Å²) in [5, 5.41) is 0.702. The molecule has 0 saturated heterocycles. The fraction of sp³-hybridized carbons (Fsp3) is 0.143. The number of hydrogen-bond donors (Lipinski definition) is 0. The van der Waals surface area contributed by atoms with E-state index in [0.717, 1.165) is 17.1 Å². The van der Waals surface area contributed by atoms with Gasteiger partial charge >= 0.3 is 0 Å². The molecule has 3 heteroatoms. The van der Waals surface area contributed by atoms with Crippen LogP contribution in [-0.4, -0.2) is 7.11 Å². The third kappa shape index (κ3) is 3.48. The van der Waals surface area contributed by atoms with Crippen molar-refractivity contribution in [2.75, 3.05) is 7.11 Å². The monoisotopic (exact) mass is 248 g/mol. The van der Waals surface area contributed by atoms with E-state index in [1.165, 1.54) is 0 Å². The van der Waals surface area contributed by atoms with E-state index in [1.807, 2.05) is 36.4 Å². The van der Waals surface area contributed by atoms with Crippen LogP contribution in [0.4, 0.5) is 0 Å². The highest BCUT2D eigenvalue weighted by Gasteiger charge is 1.98. The second kappa shape index (κ2) is 5.71. The Balaban J connectivity index is 2.05. The minimum Gasteiger partial charge on any atom is -0.457 e. The number of ether oxygens (including phenoxy) is 2. The van der Waals surface area contributed by atoms with E-state index in [4.69, 9.17) is 21.1 Å². The first-order valence-corrected chi connectivity index (χ1v) is 5.67.